The SMILES string of the molecule is OCC1CC(O)C(O)C(C#Cc2ccc3c(c2)sc2cc(C#CC4OC(CO)[C@@H](O)C(O)C4O)ccc23)O1. The lowest BCUT2D eigenvalue weighted by Gasteiger charge is -2.37. The number of hydrogen-bond donors (Lipinski definition) is 7. The second kappa shape index (κ2) is 11.3. The third kappa shape index (κ3) is 5.30. The average molecular weight is 541 g/mol. The molecule has 0 spiro atoms. The molecule has 0 bridgehead atoms. The molecule has 9 atom stereocenters. The maximum absolute atomic E-state index is 10.2. The Hall–Kier alpha value is -2.58. The molecule has 7 N–H and O–H groups in total. The molecule has 0 aliphatic carbocycles. The van der Waals surface area contributed by atoms with Crippen molar-refractivity contribution in [3.63, 3.8) is 0 Å². The average Bonchev–Trinajstić information content (AvgIpc) is 3.29. The molecule has 38 heavy (non-hydrogen) atoms. The van der Waals surface area contributed by atoms with Crippen LogP contribution < -0.4 is 0 Å². The molecule has 2 saturated heterocycles. The number of aliphatic hydroxyl groups excluding tert-OH is 7. The largest absolute Gasteiger partial charge is 0.394 e. The van der Waals surface area contributed by atoms with Crippen LogP contribution in [0.1, 0.15) is 17.5 Å². The molecule has 2 aliphatic heterocycles. The van der Waals surface area contributed by atoms with E-state index in [-0.39, 0.29) is 13.0 Å². The zero-order valence-corrected chi connectivity index (χ0v) is 21.0. The Morgan fingerprint density at radius 1 is 0.711 bits per heavy atom. The van der Waals surface area contributed by atoms with Crippen molar-refractivity contribution in [2.24, 2.45) is 0 Å². The summed E-state index contributed by atoms with van der Waals surface area (Å²) in [5.74, 6) is 11.6. The van der Waals surface area contributed by atoms with Gasteiger partial charge in [0.2, 0.25) is 0 Å². The van der Waals surface area contributed by atoms with Crippen molar-refractivity contribution in [2.75, 3.05) is 13.2 Å². The maximum Gasteiger partial charge on any atom is 0.147 e. The van der Waals surface area contributed by atoms with E-state index in [0.717, 1.165) is 20.2 Å². The van der Waals surface area contributed by atoms with Crippen LogP contribution in [0.4, 0.5) is 0 Å². The lowest BCUT2D eigenvalue weighted by molar-refractivity contribution is -0.214. The molecule has 10 heteroatoms. The molecule has 3 heterocycles. The van der Waals surface area contributed by atoms with E-state index in [2.05, 4.69) is 23.7 Å². The summed E-state index contributed by atoms with van der Waals surface area (Å²) in [6.07, 6.45) is -9.88. The number of thiophene rings is 1. The number of ether oxygens (including phenoxy) is 2. The minimum Gasteiger partial charge on any atom is -0.394 e. The Balaban J connectivity index is 1.37. The van der Waals surface area contributed by atoms with Crippen LogP contribution >= 0.6 is 11.3 Å². The Kier molecular flexibility index (Phi) is 8.00. The van der Waals surface area contributed by atoms with Crippen molar-refractivity contribution in [3.8, 4) is 23.7 Å². The summed E-state index contributed by atoms with van der Waals surface area (Å²) in [6, 6.07) is 11.4. The van der Waals surface area contributed by atoms with Gasteiger partial charge in [0, 0.05) is 37.7 Å². The Bertz CT molecular complexity index is 1430. The Labute approximate surface area is 222 Å². The third-order valence-corrected chi connectivity index (χ3v) is 7.95. The molecule has 1 aromatic heterocycles. The van der Waals surface area contributed by atoms with Crippen LogP contribution in [0.3, 0.4) is 0 Å². The van der Waals surface area contributed by atoms with Crippen molar-refractivity contribution in [1.29, 1.82) is 0 Å². The minimum atomic E-state index is -1.48. The topological polar surface area (TPSA) is 160 Å². The van der Waals surface area contributed by atoms with Crippen molar-refractivity contribution >= 4 is 31.5 Å². The Morgan fingerprint density at radius 2 is 1.29 bits per heavy atom. The van der Waals surface area contributed by atoms with E-state index < -0.39 is 61.5 Å². The predicted octanol–water partition coefficient (Wildman–Crippen LogP) is -0.529. The van der Waals surface area contributed by atoms with Crippen LogP contribution in [0, 0.1) is 23.7 Å². The van der Waals surface area contributed by atoms with Gasteiger partial charge in [0.05, 0.1) is 25.4 Å². The fourth-order valence-electron chi connectivity index (χ4n) is 4.65. The fourth-order valence-corrected chi connectivity index (χ4v) is 5.84. The summed E-state index contributed by atoms with van der Waals surface area (Å²) in [7, 11) is 0. The van der Waals surface area contributed by atoms with Gasteiger partial charge in [-0.2, -0.15) is 0 Å². The highest BCUT2D eigenvalue weighted by molar-refractivity contribution is 7.25. The molecule has 5 rings (SSSR count). The van der Waals surface area contributed by atoms with E-state index in [1.807, 2.05) is 36.4 Å². The lowest BCUT2D eigenvalue weighted by Crippen LogP contribution is -2.58. The highest BCUT2D eigenvalue weighted by Crippen LogP contribution is 2.35. The van der Waals surface area contributed by atoms with E-state index in [1.165, 1.54) is 0 Å². The molecule has 2 aromatic carbocycles. The van der Waals surface area contributed by atoms with Gasteiger partial charge >= 0.3 is 0 Å². The second-order valence-electron chi connectivity index (χ2n) is 9.47. The van der Waals surface area contributed by atoms with Crippen LogP contribution in [0.25, 0.3) is 20.2 Å². The summed E-state index contributed by atoms with van der Waals surface area (Å²) in [5.41, 5.74) is 1.38. The first-order valence-corrected chi connectivity index (χ1v) is 13.0. The van der Waals surface area contributed by atoms with Gasteiger partial charge < -0.3 is 45.2 Å². The molecule has 8 unspecified atom stereocenters. The molecule has 2 fully saturated rings. The number of hydrogen-bond acceptors (Lipinski definition) is 10. The fraction of sp³-hybridized carbons (Fsp3) is 0.429. The van der Waals surface area contributed by atoms with E-state index in [4.69, 9.17) is 9.47 Å². The van der Waals surface area contributed by atoms with Crippen molar-refractivity contribution in [1.82, 2.24) is 0 Å². The first-order valence-electron chi connectivity index (χ1n) is 12.2. The molecule has 0 amide bonds. The standard InChI is InChI=1S/C28H28O9S/c29-12-16-11-19(31)25(32)20(36-16)7-3-14-1-5-17-18-6-2-15(10-24(18)38-23(17)9-14)4-8-21-26(33)28(35)27(34)22(13-30)37-21/h1-2,5-6,9-10,16,19-22,25-35H,11-13H2/t16?,19?,20?,21?,22?,25?,26?,27-,28?/m1/s1. The monoisotopic (exact) mass is 540 g/mol. The predicted molar refractivity (Wildman–Crippen MR) is 139 cm³/mol. The minimum absolute atomic E-state index is 0.151. The summed E-state index contributed by atoms with van der Waals surface area (Å²) in [4.78, 5) is 0. The zero-order valence-electron chi connectivity index (χ0n) is 20.1. The van der Waals surface area contributed by atoms with Crippen molar-refractivity contribution in [2.45, 2.75) is 61.4 Å². The van der Waals surface area contributed by atoms with Crippen molar-refractivity contribution in [3.05, 3.63) is 47.5 Å². The number of benzene rings is 2. The molecule has 2 aliphatic rings. The maximum atomic E-state index is 10.2. The van der Waals surface area contributed by atoms with Gasteiger partial charge in [-0.05, 0) is 24.3 Å². The molecular weight excluding hydrogens is 512 g/mol. The van der Waals surface area contributed by atoms with Gasteiger partial charge in [0.1, 0.15) is 42.7 Å². The Morgan fingerprint density at radius 3 is 1.84 bits per heavy atom. The molecule has 0 saturated carbocycles. The van der Waals surface area contributed by atoms with Gasteiger partial charge in [0.15, 0.2) is 0 Å². The van der Waals surface area contributed by atoms with Crippen LogP contribution in [0.15, 0.2) is 36.4 Å². The van der Waals surface area contributed by atoms with Gasteiger partial charge in [0.25, 0.3) is 0 Å². The van der Waals surface area contributed by atoms with Crippen LogP contribution in [-0.4, -0.2) is 104 Å². The quantitative estimate of drug-likeness (QED) is 0.212. The van der Waals surface area contributed by atoms with E-state index in [1.54, 1.807) is 11.3 Å². The normalized spacial score (nSPS) is 33.4. The highest BCUT2D eigenvalue weighted by atomic mass is 32.1. The number of aliphatic hydroxyl groups is 7. The smallest absolute Gasteiger partial charge is 0.147 e. The van der Waals surface area contributed by atoms with Gasteiger partial charge in [-0.25, -0.2) is 0 Å². The molecule has 200 valence electrons. The third-order valence-electron chi connectivity index (χ3n) is 6.83. The van der Waals surface area contributed by atoms with E-state index in [9.17, 15) is 35.7 Å². The summed E-state index contributed by atoms with van der Waals surface area (Å²) < 4.78 is 13.0. The zero-order chi connectivity index (χ0) is 27.0. The van der Waals surface area contributed by atoms with Gasteiger partial charge in [-0.1, -0.05) is 35.8 Å². The van der Waals surface area contributed by atoms with Gasteiger partial charge in [-0.3, -0.25) is 0 Å². The highest BCUT2D eigenvalue weighted by Gasteiger charge is 2.42. The van der Waals surface area contributed by atoms with Crippen LogP contribution in [-0.2, 0) is 9.47 Å². The summed E-state index contributed by atoms with van der Waals surface area (Å²) in [5, 5.41) is 71.0. The molecule has 0 radical (unpaired) electrons. The first-order chi connectivity index (χ1) is 18.3. The van der Waals surface area contributed by atoms with E-state index in [0.29, 0.717) is 11.1 Å². The summed E-state index contributed by atoms with van der Waals surface area (Å²) in [6.45, 7) is -0.771. The van der Waals surface area contributed by atoms with E-state index >= 15 is 0 Å². The van der Waals surface area contributed by atoms with Crippen LogP contribution in [0.5, 0.6) is 0 Å². The number of fused-ring (bicyclic) bond motifs is 3. The lowest BCUT2D eigenvalue weighted by atomic mass is 9.95. The number of rotatable bonds is 2. The molecular formula is C28H28O9S. The summed E-state index contributed by atoms with van der Waals surface area (Å²) >= 11 is 1.55. The van der Waals surface area contributed by atoms with Gasteiger partial charge in [-0.15, -0.1) is 11.3 Å². The van der Waals surface area contributed by atoms with Crippen LogP contribution in [0.2, 0.25) is 0 Å². The first kappa shape index (κ1) is 27.0. The van der Waals surface area contributed by atoms with Crippen molar-refractivity contribution < 1.29 is 45.2 Å². The molecule has 9 nitrogen and oxygen atoms in total. The second-order valence-corrected chi connectivity index (χ2v) is 10.6. The molecule has 3 aromatic rings.